The number of anilines is 1. The Bertz CT molecular complexity index is 797. The number of hydrogen-bond donors (Lipinski definition) is 1. The second-order valence-electron chi connectivity index (χ2n) is 5.15. The van der Waals surface area contributed by atoms with E-state index in [0.29, 0.717) is 27.8 Å². The Balaban J connectivity index is 1.88. The lowest BCUT2D eigenvalue weighted by atomic mass is 10.2. The molecule has 0 aromatic heterocycles. The van der Waals surface area contributed by atoms with Gasteiger partial charge in [0.2, 0.25) is 0 Å². The number of carbonyl (C=O) groups excluding carboxylic acids is 2. The smallest absolute Gasteiger partial charge is 0.331 e. The Hall–Kier alpha value is -2.99. The van der Waals surface area contributed by atoms with E-state index in [0.717, 1.165) is 0 Å². The normalized spacial score (nSPS) is 10.4. The lowest BCUT2D eigenvalue weighted by molar-refractivity contribution is -0.142. The molecule has 2 rings (SSSR count). The molecule has 0 bridgehead atoms. The fraction of sp³-hybridized carbons (Fsp3) is 0.158. The van der Waals surface area contributed by atoms with Crippen LogP contribution in [0.3, 0.4) is 0 Å². The number of halogens is 1. The summed E-state index contributed by atoms with van der Waals surface area (Å²) in [6, 6.07) is 11.9. The molecular weight excluding hydrogens is 358 g/mol. The first-order valence-corrected chi connectivity index (χ1v) is 8.01. The summed E-state index contributed by atoms with van der Waals surface area (Å²) in [5.41, 5.74) is 1.22. The van der Waals surface area contributed by atoms with Crippen LogP contribution in [0.2, 0.25) is 5.02 Å². The fourth-order valence-corrected chi connectivity index (χ4v) is 2.23. The van der Waals surface area contributed by atoms with E-state index in [9.17, 15) is 9.59 Å². The van der Waals surface area contributed by atoms with E-state index < -0.39 is 18.5 Å². The zero-order valence-electron chi connectivity index (χ0n) is 14.3. The molecular formula is C19H18ClNO5. The van der Waals surface area contributed by atoms with Gasteiger partial charge in [-0.25, -0.2) is 4.79 Å². The Morgan fingerprint density at radius 1 is 1.08 bits per heavy atom. The molecule has 0 saturated heterocycles. The molecule has 0 heterocycles. The lowest BCUT2D eigenvalue weighted by Crippen LogP contribution is -2.20. The van der Waals surface area contributed by atoms with E-state index in [-0.39, 0.29) is 0 Å². The largest absolute Gasteiger partial charge is 0.497 e. The van der Waals surface area contributed by atoms with Crippen LogP contribution in [0.25, 0.3) is 6.08 Å². The van der Waals surface area contributed by atoms with Crippen LogP contribution >= 0.6 is 11.6 Å². The summed E-state index contributed by atoms with van der Waals surface area (Å²) in [5, 5.41) is 3.08. The zero-order chi connectivity index (χ0) is 18.9. The number of methoxy groups -OCH3 is 2. The van der Waals surface area contributed by atoms with Crippen LogP contribution < -0.4 is 14.8 Å². The first-order valence-electron chi connectivity index (χ1n) is 7.63. The summed E-state index contributed by atoms with van der Waals surface area (Å²) >= 11 is 5.83. The Labute approximate surface area is 156 Å². The van der Waals surface area contributed by atoms with E-state index in [1.54, 1.807) is 48.5 Å². The van der Waals surface area contributed by atoms with Gasteiger partial charge in [-0.1, -0.05) is 17.7 Å². The number of esters is 1. The zero-order valence-corrected chi connectivity index (χ0v) is 15.1. The van der Waals surface area contributed by atoms with Crippen LogP contribution in [0.4, 0.5) is 5.69 Å². The van der Waals surface area contributed by atoms with Crippen LogP contribution in [0.1, 0.15) is 5.56 Å². The van der Waals surface area contributed by atoms with Crippen LogP contribution in [0, 0.1) is 0 Å². The molecule has 0 saturated carbocycles. The molecule has 2 aromatic rings. The van der Waals surface area contributed by atoms with E-state index in [1.165, 1.54) is 20.3 Å². The average Bonchev–Trinajstić information content (AvgIpc) is 2.64. The third-order valence-corrected chi connectivity index (χ3v) is 3.47. The highest BCUT2D eigenvalue weighted by molar-refractivity contribution is 6.30. The number of amides is 1. The van der Waals surface area contributed by atoms with Crippen LogP contribution in [0.5, 0.6) is 11.5 Å². The van der Waals surface area contributed by atoms with Gasteiger partial charge in [-0.05, 0) is 42.0 Å². The predicted octanol–water partition coefficient (Wildman–Crippen LogP) is 3.55. The maximum absolute atomic E-state index is 11.8. The van der Waals surface area contributed by atoms with Crippen LogP contribution in [-0.4, -0.2) is 32.7 Å². The summed E-state index contributed by atoms with van der Waals surface area (Å²) in [4.78, 5) is 23.5. The Morgan fingerprint density at radius 3 is 2.38 bits per heavy atom. The molecule has 0 atom stereocenters. The van der Waals surface area contributed by atoms with Crippen molar-refractivity contribution in [2.24, 2.45) is 0 Å². The number of benzene rings is 2. The third-order valence-electron chi connectivity index (χ3n) is 3.24. The van der Waals surface area contributed by atoms with Crippen LogP contribution in [-0.2, 0) is 14.3 Å². The molecule has 0 fully saturated rings. The molecule has 0 radical (unpaired) electrons. The molecule has 7 heteroatoms. The molecule has 136 valence electrons. The molecule has 6 nitrogen and oxygen atoms in total. The van der Waals surface area contributed by atoms with Gasteiger partial charge in [0.05, 0.1) is 14.2 Å². The highest BCUT2D eigenvalue weighted by atomic mass is 35.5. The highest BCUT2D eigenvalue weighted by Gasteiger charge is 2.06. The molecule has 1 N–H and O–H groups in total. The van der Waals surface area contributed by atoms with Gasteiger partial charge < -0.3 is 19.5 Å². The minimum Gasteiger partial charge on any atom is -0.497 e. The molecule has 0 aliphatic heterocycles. The van der Waals surface area contributed by atoms with Crippen molar-refractivity contribution in [1.29, 1.82) is 0 Å². The van der Waals surface area contributed by atoms with Gasteiger partial charge in [0.15, 0.2) is 6.61 Å². The van der Waals surface area contributed by atoms with Gasteiger partial charge in [0, 0.05) is 22.9 Å². The second kappa shape index (κ2) is 9.48. The van der Waals surface area contributed by atoms with Crippen LogP contribution in [0.15, 0.2) is 48.5 Å². The summed E-state index contributed by atoms with van der Waals surface area (Å²) < 4.78 is 15.2. The van der Waals surface area contributed by atoms with Gasteiger partial charge in [-0.2, -0.15) is 0 Å². The molecule has 26 heavy (non-hydrogen) atoms. The summed E-state index contributed by atoms with van der Waals surface area (Å²) in [6.45, 7) is -0.406. The standard InChI is InChI=1S/C19H18ClNO5/c1-24-16-8-13(9-17(11-16)25-2)6-7-19(23)26-12-18(22)21-15-5-3-4-14(20)10-15/h3-11H,12H2,1-2H3,(H,21,22)/b7-6+. The highest BCUT2D eigenvalue weighted by Crippen LogP contribution is 2.23. The van der Waals surface area contributed by atoms with Crippen molar-refractivity contribution in [1.82, 2.24) is 0 Å². The number of carbonyl (C=O) groups is 2. The molecule has 2 aromatic carbocycles. The Kier molecular flexibility index (Phi) is 7.05. The molecule has 0 aliphatic rings. The molecule has 0 spiro atoms. The van der Waals surface area contributed by atoms with Crippen molar-refractivity contribution in [3.05, 3.63) is 59.1 Å². The number of hydrogen-bond acceptors (Lipinski definition) is 5. The van der Waals surface area contributed by atoms with Crippen molar-refractivity contribution < 1.29 is 23.8 Å². The minimum atomic E-state index is -0.645. The molecule has 0 unspecified atom stereocenters. The average molecular weight is 376 g/mol. The predicted molar refractivity (Wildman–Crippen MR) is 99.6 cm³/mol. The molecule has 1 amide bonds. The third kappa shape index (κ3) is 6.14. The van der Waals surface area contributed by atoms with Gasteiger partial charge >= 0.3 is 5.97 Å². The lowest BCUT2D eigenvalue weighted by Gasteiger charge is -2.06. The van der Waals surface area contributed by atoms with E-state index in [2.05, 4.69) is 5.32 Å². The van der Waals surface area contributed by atoms with Gasteiger partial charge in [-0.15, -0.1) is 0 Å². The van der Waals surface area contributed by atoms with Gasteiger partial charge in [0.25, 0.3) is 5.91 Å². The maximum Gasteiger partial charge on any atom is 0.331 e. The molecule has 0 aliphatic carbocycles. The van der Waals surface area contributed by atoms with Crippen molar-refractivity contribution in [3.8, 4) is 11.5 Å². The van der Waals surface area contributed by atoms with Crippen molar-refractivity contribution in [2.75, 3.05) is 26.1 Å². The van der Waals surface area contributed by atoms with E-state index in [1.807, 2.05) is 0 Å². The summed E-state index contributed by atoms with van der Waals surface area (Å²) in [7, 11) is 3.07. The van der Waals surface area contributed by atoms with E-state index in [4.69, 9.17) is 25.8 Å². The summed E-state index contributed by atoms with van der Waals surface area (Å²) in [5.74, 6) is 0.0848. The second-order valence-corrected chi connectivity index (χ2v) is 5.58. The maximum atomic E-state index is 11.8. The Morgan fingerprint density at radius 2 is 1.77 bits per heavy atom. The summed E-state index contributed by atoms with van der Waals surface area (Å²) in [6.07, 6.45) is 2.77. The fourth-order valence-electron chi connectivity index (χ4n) is 2.04. The SMILES string of the molecule is COc1cc(/C=C/C(=O)OCC(=O)Nc2cccc(Cl)c2)cc(OC)c1. The van der Waals surface area contributed by atoms with Gasteiger partial charge in [0.1, 0.15) is 11.5 Å². The monoisotopic (exact) mass is 375 g/mol. The van der Waals surface area contributed by atoms with Crippen molar-refractivity contribution in [2.45, 2.75) is 0 Å². The van der Waals surface area contributed by atoms with Gasteiger partial charge in [-0.3, -0.25) is 4.79 Å². The first-order chi connectivity index (χ1) is 12.5. The number of rotatable bonds is 7. The first kappa shape index (κ1) is 19.3. The van der Waals surface area contributed by atoms with E-state index >= 15 is 0 Å². The topological polar surface area (TPSA) is 73.9 Å². The number of ether oxygens (including phenoxy) is 3. The number of nitrogens with one attached hydrogen (secondary N) is 1. The quantitative estimate of drug-likeness (QED) is 0.591. The minimum absolute atomic E-state index is 0.406. The van der Waals surface area contributed by atoms with Crippen molar-refractivity contribution in [3.63, 3.8) is 0 Å². The van der Waals surface area contributed by atoms with Crippen molar-refractivity contribution >= 4 is 35.2 Å².